The SMILES string of the molecule is [B]C(=O)NCNc1ccc(C(=O)OCc2ccccc2)cc1. The molecule has 2 N–H and O–H groups in total. The maximum absolute atomic E-state index is 11.9. The molecule has 2 radical (unpaired) electrons. The Morgan fingerprint density at radius 1 is 1.00 bits per heavy atom. The van der Waals surface area contributed by atoms with Crippen LogP contribution in [0.3, 0.4) is 0 Å². The summed E-state index contributed by atoms with van der Waals surface area (Å²) >= 11 is 0. The Hall–Kier alpha value is -2.76. The molecule has 0 aromatic heterocycles. The predicted octanol–water partition coefficient (Wildman–Crippen LogP) is 2.29. The van der Waals surface area contributed by atoms with Crippen LogP contribution in [0, 0.1) is 0 Å². The molecule has 0 atom stereocenters. The maximum Gasteiger partial charge on any atom is 0.338 e. The zero-order chi connectivity index (χ0) is 15.8. The van der Waals surface area contributed by atoms with E-state index in [1.54, 1.807) is 24.3 Å². The molecule has 2 aromatic carbocycles. The summed E-state index contributed by atoms with van der Waals surface area (Å²) in [6.45, 7) is 0.454. The lowest BCUT2D eigenvalue weighted by Gasteiger charge is -2.08. The van der Waals surface area contributed by atoms with Gasteiger partial charge < -0.3 is 15.4 Å². The van der Waals surface area contributed by atoms with Gasteiger partial charge in [-0.05, 0) is 29.8 Å². The molecule has 22 heavy (non-hydrogen) atoms. The van der Waals surface area contributed by atoms with Gasteiger partial charge in [-0.1, -0.05) is 30.3 Å². The number of rotatable bonds is 6. The topological polar surface area (TPSA) is 67.4 Å². The Kier molecular flexibility index (Phi) is 5.60. The van der Waals surface area contributed by atoms with Crippen LogP contribution in [0.15, 0.2) is 54.6 Å². The Morgan fingerprint density at radius 3 is 2.32 bits per heavy atom. The van der Waals surface area contributed by atoms with Crippen molar-refractivity contribution in [3.05, 3.63) is 65.7 Å². The summed E-state index contributed by atoms with van der Waals surface area (Å²) in [6, 6.07) is 16.2. The molecule has 0 aliphatic rings. The van der Waals surface area contributed by atoms with Gasteiger partial charge in [-0.15, -0.1) is 0 Å². The number of nitrogens with one attached hydrogen (secondary N) is 2. The molecule has 0 bridgehead atoms. The monoisotopic (exact) mass is 294 g/mol. The summed E-state index contributed by atoms with van der Waals surface area (Å²) in [5.74, 6) is -0.987. The zero-order valence-electron chi connectivity index (χ0n) is 11.9. The van der Waals surface area contributed by atoms with Gasteiger partial charge in [0.25, 0.3) is 0 Å². The molecule has 110 valence electrons. The minimum Gasteiger partial charge on any atom is -0.457 e. The molecular formula is C16H15BN2O3. The van der Waals surface area contributed by atoms with E-state index in [0.29, 0.717) is 5.56 Å². The lowest BCUT2D eigenvalue weighted by atomic mass is 10.1. The van der Waals surface area contributed by atoms with Gasteiger partial charge in [0, 0.05) is 5.69 Å². The Labute approximate surface area is 130 Å². The number of benzene rings is 2. The number of esters is 1. The van der Waals surface area contributed by atoms with E-state index >= 15 is 0 Å². The number of carbonyl (C=O) groups excluding carboxylic acids is 2. The van der Waals surface area contributed by atoms with E-state index in [-0.39, 0.29) is 19.2 Å². The van der Waals surface area contributed by atoms with Crippen LogP contribution in [0.2, 0.25) is 0 Å². The Bertz CT molecular complexity index is 630. The van der Waals surface area contributed by atoms with E-state index in [9.17, 15) is 9.59 Å². The second-order valence-corrected chi connectivity index (χ2v) is 4.53. The van der Waals surface area contributed by atoms with E-state index in [2.05, 4.69) is 10.6 Å². The van der Waals surface area contributed by atoms with Crippen molar-refractivity contribution >= 4 is 25.3 Å². The van der Waals surface area contributed by atoms with Crippen molar-refractivity contribution < 1.29 is 14.3 Å². The molecule has 0 aliphatic carbocycles. The van der Waals surface area contributed by atoms with E-state index in [4.69, 9.17) is 12.6 Å². The number of carbonyl (C=O) groups is 2. The highest BCUT2D eigenvalue weighted by molar-refractivity contribution is 6.57. The first-order valence-electron chi connectivity index (χ1n) is 6.73. The van der Waals surface area contributed by atoms with E-state index in [0.717, 1.165) is 11.3 Å². The van der Waals surface area contributed by atoms with Crippen molar-refractivity contribution in [3.63, 3.8) is 0 Å². The molecular weight excluding hydrogens is 279 g/mol. The molecule has 5 nitrogen and oxygen atoms in total. The van der Waals surface area contributed by atoms with Crippen molar-refractivity contribution in [1.82, 2.24) is 5.32 Å². The zero-order valence-corrected chi connectivity index (χ0v) is 11.9. The molecule has 0 unspecified atom stereocenters. The number of hydrogen-bond acceptors (Lipinski definition) is 4. The van der Waals surface area contributed by atoms with E-state index < -0.39 is 5.81 Å². The highest BCUT2D eigenvalue weighted by Gasteiger charge is 2.07. The van der Waals surface area contributed by atoms with E-state index in [1.165, 1.54) is 0 Å². The van der Waals surface area contributed by atoms with Gasteiger partial charge >= 0.3 is 5.97 Å². The normalized spacial score (nSPS) is 9.82. The lowest BCUT2D eigenvalue weighted by Crippen LogP contribution is -2.27. The fourth-order valence-corrected chi connectivity index (χ4v) is 1.76. The third-order valence-corrected chi connectivity index (χ3v) is 2.89. The number of amides is 1. The molecule has 6 heteroatoms. The fourth-order valence-electron chi connectivity index (χ4n) is 1.76. The van der Waals surface area contributed by atoms with Crippen molar-refractivity contribution in [2.24, 2.45) is 0 Å². The Balaban J connectivity index is 1.84. The molecule has 1 amide bonds. The minimum absolute atomic E-state index is 0.215. The van der Waals surface area contributed by atoms with Crippen LogP contribution < -0.4 is 10.6 Å². The van der Waals surface area contributed by atoms with Crippen LogP contribution in [-0.4, -0.2) is 26.3 Å². The molecule has 2 aromatic rings. The maximum atomic E-state index is 11.9. The fraction of sp³-hybridized carbons (Fsp3) is 0.125. The minimum atomic E-state index is -0.603. The first-order valence-corrected chi connectivity index (χ1v) is 6.73. The van der Waals surface area contributed by atoms with Crippen molar-refractivity contribution in [2.75, 3.05) is 12.0 Å². The van der Waals surface area contributed by atoms with Gasteiger partial charge in [0.2, 0.25) is 7.85 Å². The van der Waals surface area contributed by atoms with Crippen LogP contribution >= 0.6 is 0 Å². The average molecular weight is 294 g/mol. The molecule has 0 fully saturated rings. The van der Waals surface area contributed by atoms with Gasteiger partial charge in [0.15, 0.2) is 5.81 Å². The molecule has 2 rings (SSSR count). The summed E-state index contributed by atoms with van der Waals surface area (Å²) in [5, 5.41) is 5.34. The molecule has 0 aliphatic heterocycles. The number of hydrogen-bond donors (Lipinski definition) is 2. The third-order valence-electron chi connectivity index (χ3n) is 2.89. The van der Waals surface area contributed by atoms with Gasteiger partial charge in [-0.3, -0.25) is 4.79 Å². The molecule has 0 saturated carbocycles. The molecule has 0 spiro atoms. The third kappa shape index (κ3) is 4.97. The molecule has 0 saturated heterocycles. The van der Waals surface area contributed by atoms with Gasteiger partial charge in [-0.2, -0.15) is 0 Å². The van der Waals surface area contributed by atoms with E-state index in [1.807, 2.05) is 30.3 Å². The van der Waals surface area contributed by atoms with Crippen molar-refractivity contribution in [2.45, 2.75) is 6.61 Å². The van der Waals surface area contributed by atoms with Crippen LogP contribution in [0.4, 0.5) is 10.5 Å². The largest absolute Gasteiger partial charge is 0.457 e. The average Bonchev–Trinajstić information content (AvgIpc) is 2.54. The summed E-state index contributed by atoms with van der Waals surface area (Å²) < 4.78 is 5.23. The van der Waals surface area contributed by atoms with Crippen LogP contribution in [-0.2, 0) is 11.3 Å². The molecule has 0 heterocycles. The Morgan fingerprint density at radius 2 is 1.68 bits per heavy atom. The smallest absolute Gasteiger partial charge is 0.338 e. The summed E-state index contributed by atoms with van der Waals surface area (Å²) in [5.41, 5.74) is 2.16. The predicted molar refractivity (Wildman–Crippen MR) is 84.8 cm³/mol. The highest BCUT2D eigenvalue weighted by atomic mass is 16.5. The van der Waals surface area contributed by atoms with Crippen LogP contribution in [0.25, 0.3) is 0 Å². The highest BCUT2D eigenvalue weighted by Crippen LogP contribution is 2.11. The number of ether oxygens (including phenoxy) is 1. The standard InChI is InChI=1S/C16H15BN2O3/c17-16(21)19-11-18-14-8-6-13(7-9-14)15(20)22-10-12-4-2-1-3-5-12/h1-9,18H,10-11H2,(H,19,21). The second-order valence-electron chi connectivity index (χ2n) is 4.53. The van der Waals surface area contributed by atoms with Gasteiger partial charge in [0.05, 0.1) is 12.2 Å². The quantitative estimate of drug-likeness (QED) is 0.487. The van der Waals surface area contributed by atoms with Gasteiger partial charge in [-0.25, -0.2) is 4.79 Å². The van der Waals surface area contributed by atoms with Gasteiger partial charge in [0.1, 0.15) is 6.61 Å². The van der Waals surface area contributed by atoms with Crippen LogP contribution in [0.1, 0.15) is 15.9 Å². The summed E-state index contributed by atoms with van der Waals surface area (Å²) in [4.78, 5) is 22.4. The first-order chi connectivity index (χ1) is 10.6. The van der Waals surface area contributed by atoms with Crippen LogP contribution in [0.5, 0.6) is 0 Å². The first kappa shape index (κ1) is 15.6. The van der Waals surface area contributed by atoms with Crippen molar-refractivity contribution in [1.29, 1.82) is 0 Å². The number of anilines is 1. The lowest BCUT2D eigenvalue weighted by molar-refractivity contribution is 0.0472. The van der Waals surface area contributed by atoms with Crippen molar-refractivity contribution in [3.8, 4) is 0 Å². The summed E-state index contributed by atoms with van der Waals surface area (Å²) in [7, 11) is 4.95. The summed E-state index contributed by atoms with van der Waals surface area (Å²) in [6.07, 6.45) is 0. The second kappa shape index (κ2) is 7.88.